The third-order valence-electron chi connectivity index (χ3n) is 3.73. The minimum Gasteiger partial charge on any atom is -0.366 e. The van der Waals surface area contributed by atoms with Crippen LogP contribution < -0.4 is 16.8 Å². The Morgan fingerprint density at radius 2 is 1.65 bits per heavy atom. The van der Waals surface area contributed by atoms with E-state index in [0.29, 0.717) is 44.0 Å². The van der Waals surface area contributed by atoms with Crippen LogP contribution in [-0.2, 0) is 9.59 Å². The van der Waals surface area contributed by atoms with Gasteiger partial charge >= 0.3 is 11.8 Å². The highest BCUT2D eigenvalue weighted by Crippen LogP contribution is 2.10. The van der Waals surface area contributed by atoms with Gasteiger partial charge in [0.15, 0.2) is 0 Å². The largest absolute Gasteiger partial charge is 0.366 e. The first-order chi connectivity index (χ1) is 11.0. The van der Waals surface area contributed by atoms with E-state index in [2.05, 4.69) is 10.2 Å². The van der Waals surface area contributed by atoms with Crippen LogP contribution >= 0.6 is 0 Å². The number of nitrogens with one attached hydrogen (secondary N) is 1. The topological polar surface area (TPSA) is 122 Å². The molecule has 124 valence electrons. The summed E-state index contributed by atoms with van der Waals surface area (Å²) in [6, 6.07) is 6.05. The lowest BCUT2D eigenvalue weighted by molar-refractivity contribution is -0.144. The standard InChI is InChI=1S/C15H21N5O3/c16-5-6-19-7-9-20(10-8-19)15(23)14(22)18-12-3-1-11(2-4-12)13(17)21/h1-4H,5-10,16H2,(H2,17,21)(H,18,22). The van der Waals surface area contributed by atoms with E-state index in [4.69, 9.17) is 11.5 Å². The van der Waals surface area contributed by atoms with Crippen LogP contribution in [0.2, 0.25) is 0 Å². The zero-order chi connectivity index (χ0) is 16.8. The molecule has 0 spiro atoms. The first kappa shape index (κ1) is 16.9. The molecule has 1 aromatic carbocycles. The van der Waals surface area contributed by atoms with Gasteiger partial charge in [0.05, 0.1) is 0 Å². The second-order valence-corrected chi connectivity index (χ2v) is 5.32. The Bertz CT molecular complexity index is 579. The van der Waals surface area contributed by atoms with Crippen molar-refractivity contribution in [2.24, 2.45) is 11.5 Å². The fourth-order valence-electron chi connectivity index (χ4n) is 2.40. The number of rotatable bonds is 4. The van der Waals surface area contributed by atoms with Crippen molar-refractivity contribution in [3.63, 3.8) is 0 Å². The van der Waals surface area contributed by atoms with Gasteiger partial charge in [0.2, 0.25) is 5.91 Å². The molecule has 0 aliphatic carbocycles. The van der Waals surface area contributed by atoms with Crippen molar-refractivity contribution in [3.05, 3.63) is 29.8 Å². The third-order valence-corrected chi connectivity index (χ3v) is 3.73. The van der Waals surface area contributed by atoms with Crippen LogP contribution in [-0.4, -0.2) is 66.8 Å². The van der Waals surface area contributed by atoms with E-state index < -0.39 is 17.7 Å². The minimum absolute atomic E-state index is 0.338. The second kappa shape index (κ2) is 7.70. The van der Waals surface area contributed by atoms with E-state index in [0.717, 1.165) is 6.54 Å². The van der Waals surface area contributed by atoms with Crippen LogP contribution in [0.25, 0.3) is 0 Å². The second-order valence-electron chi connectivity index (χ2n) is 5.32. The molecule has 0 bridgehead atoms. The fraction of sp³-hybridized carbons (Fsp3) is 0.400. The van der Waals surface area contributed by atoms with Crippen LogP contribution in [0.3, 0.4) is 0 Å². The molecule has 0 radical (unpaired) electrons. The van der Waals surface area contributed by atoms with E-state index in [9.17, 15) is 14.4 Å². The molecule has 1 aromatic rings. The van der Waals surface area contributed by atoms with E-state index in [1.165, 1.54) is 29.2 Å². The van der Waals surface area contributed by atoms with Gasteiger partial charge in [0.1, 0.15) is 0 Å². The number of hydrogen-bond donors (Lipinski definition) is 3. The van der Waals surface area contributed by atoms with Crippen molar-refractivity contribution >= 4 is 23.4 Å². The zero-order valence-electron chi connectivity index (χ0n) is 12.8. The van der Waals surface area contributed by atoms with Gasteiger partial charge in [-0.1, -0.05) is 0 Å². The monoisotopic (exact) mass is 319 g/mol. The molecular weight excluding hydrogens is 298 g/mol. The number of anilines is 1. The molecule has 5 N–H and O–H groups in total. The quantitative estimate of drug-likeness (QED) is 0.604. The van der Waals surface area contributed by atoms with Gasteiger partial charge in [-0.05, 0) is 24.3 Å². The number of benzene rings is 1. The Morgan fingerprint density at radius 3 is 2.17 bits per heavy atom. The van der Waals surface area contributed by atoms with E-state index in [-0.39, 0.29) is 0 Å². The summed E-state index contributed by atoms with van der Waals surface area (Å²) >= 11 is 0. The van der Waals surface area contributed by atoms with E-state index in [1.807, 2.05) is 0 Å². The highest BCUT2D eigenvalue weighted by molar-refractivity contribution is 6.39. The summed E-state index contributed by atoms with van der Waals surface area (Å²) in [5.41, 5.74) is 11.4. The smallest absolute Gasteiger partial charge is 0.313 e. The lowest BCUT2D eigenvalue weighted by Gasteiger charge is -2.34. The molecule has 8 heteroatoms. The van der Waals surface area contributed by atoms with E-state index >= 15 is 0 Å². The maximum absolute atomic E-state index is 12.1. The summed E-state index contributed by atoms with van der Waals surface area (Å²) in [4.78, 5) is 38.8. The van der Waals surface area contributed by atoms with Crippen molar-refractivity contribution in [1.29, 1.82) is 0 Å². The highest BCUT2D eigenvalue weighted by Gasteiger charge is 2.25. The van der Waals surface area contributed by atoms with Crippen molar-refractivity contribution in [2.45, 2.75) is 0 Å². The van der Waals surface area contributed by atoms with Crippen LogP contribution in [0.15, 0.2) is 24.3 Å². The Balaban J connectivity index is 1.88. The number of piperazine rings is 1. The predicted molar refractivity (Wildman–Crippen MR) is 85.7 cm³/mol. The first-order valence-corrected chi connectivity index (χ1v) is 7.44. The maximum atomic E-state index is 12.1. The molecule has 2 rings (SSSR count). The van der Waals surface area contributed by atoms with E-state index in [1.54, 1.807) is 0 Å². The molecule has 1 fully saturated rings. The molecule has 0 unspecified atom stereocenters. The number of nitrogens with two attached hydrogens (primary N) is 2. The Labute approximate surface area is 134 Å². The normalized spacial score (nSPS) is 15.3. The number of carbonyl (C=O) groups excluding carboxylic acids is 3. The van der Waals surface area contributed by atoms with Gasteiger partial charge < -0.3 is 21.7 Å². The SMILES string of the molecule is NCCN1CCN(C(=O)C(=O)Nc2ccc(C(N)=O)cc2)CC1. The Kier molecular flexibility index (Phi) is 5.67. The fourth-order valence-corrected chi connectivity index (χ4v) is 2.40. The number of carbonyl (C=O) groups is 3. The van der Waals surface area contributed by atoms with Gasteiger partial charge in [-0.3, -0.25) is 19.3 Å². The van der Waals surface area contributed by atoms with Crippen LogP contribution in [0, 0.1) is 0 Å². The van der Waals surface area contributed by atoms with Gasteiger partial charge in [-0.15, -0.1) is 0 Å². The first-order valence-electron chi connectivity index (χ1n) is 7.44. The highest BCUT2D eigenvalue weighted by atomic mass is 16.2. The summed E-state index contributed by atoms with van der Waals surface area (Å²) in [5.74, 6) is -1.80. The molecule has 1 heterocycles. The van der Waals surface area contributed by atoms with Crippen LogP contribution in [0.4, 0.5) is 5.69 Å². The van der Waals surface area contributed by atoms with Gasteiger partial charge in [-0.25, -0.2) is 0 Å². The van der Waals surface area contributed by atoms with Gasteiger partial charge in [0, 0.05) is 50.5 Å². The molecule has 0 atom stereocenters. The number of nitrogens with zero attached hydrogens (tertiary/aromatic N) is 2. The number of primary amides is 1. The lowest BCUT2D eigenvalue weighted by atomic mass is 10.2. The average Bonchev–Trinajstić information content (AvgIpc) is 2.55. The van der Waals surface area contributed by atoms with Crippen molar-refractivity contribution in [3.8, 4) is 0 Å². The van der Waals surface area contributed by atoms with Crippen LogP contribution in [0.1, 0.15) is 10.4 Å². The molecule has 1 saturated heterocycles. The predicted octanol–water partition coefficient (Wildman–Crippen LogP) is -1.17. The summed E-state index contributed by atoms with van der Waals surface area (Å²) in [6.07, 6.45) is 0. The van der Waals surface area contributed by atoms with Gasteiger partial charge in [0.25, 0.3) is 0 Å². The Hall–Kier alpha value is -2.45. The van der Waals surface area contributed by atoms with Crippen molar-refractivity contribution in [1.82, 2.24) is 9.80 Å². The molecule has 1 aliphatic heterocycles. The molecule has 0 aromatic heterocycles. The van der Waals surface area contributed by atoms with Crippen molar-refractivity contribution in [2.75, 3.05) is 44.6 Å². The van der Waals surface area contributed by atoms with Crippen LogP contribution in [0.5, 0.6) is 0 Å². The molecule has 1 aliphatic rings. The van der Waals surface area contributed by atoms with Gasteiger partial charge in [-0.2, -0.15) is 0 Å². The zero-order valence-corrected chi connectivity index (χ0v) is 12.8. The molecule has 23 heavy (non-hydrogen) atoms. The summed E-state index contributed by atoms with van der Waals surface area (Å²) in [7, 11) is 0. The lowest BCUT2D eigenvalue weighted by Crippen LogP contribution is -2.52. The average molecular weight is 319 g/mol. The number of hydrogen-bond acceptors (Lipinski definition) is 5. The molecule has 3 amide bonds. The summed E-state index contributed by atoms with van der Waals surface area (Å²) in [5, 5.41) is 2.53. The molecule has 8 nitrogen and oxygen atoms in total. The summed E-state index contributed by atoms with van der Waals surface area (Å²) in [6.45, 7) is 3.81. The van der Waals surface area contributed by atoms with Crippen molar-refractivity contribution < 1.29 is 14.4 Å². The number of amides is 3. The maximum Gasteiger partial charge on any atom is 0.313 e. The molecular formula is C15H21N5O3. The summed E-state index contributed by atoms with van der Waals surface area (Å²) < 4.78 is 0. The minimum atomic E-state index is -0.691. The third kappa shape index (κ3) is 4.51. The molecule has 0 saturated carbocycles. The Morgan fingerprint density at radius 1 is 1.04 bits per heavy atom.